The Morgan fingerprint density at radius 3 is 2.56 bits per heavy atom. The number of fused-ring (bicyclic) bond motifs is 1. The molecule has 1 amide bonds. The number of nitrogens with one attached hydrogen (secondary N) is 2. The average molecular weight is 346 g/mol. The van der Waals surface area contributed by atoms with E-state index >= 15 is 0 Å². The second-order valence-electron chi connectivity index (χ2n) is 5.22. The van der Waals surface area contributed by atoms with Gasteiger partial charge in [0.15, 0.2) is 0 Å². The lowest BCUT2D eigenvalue weighted by molar-refractivity contribution is -0.137. The molecule has 0 aliphatic rings. The summed E-state index contributed by atoms with van der Waals surface area (Å²) >= 11 is 0. The first-order valence-corrected chi connectivity index (χ1v) is 7.30. The van der Waals surface area contributed by atoms with Crippen LogP contribution in [0.15, 0.2) is 49.2 Å². The Hall–Kier alpha value is -3.16. The van der Waals surface area contributed by atoms with Gasteiger partial charge in [-0.1, -0.05) is 18.7 Å². The number of hydrogen-bond donors (Lipinski definition) is 2. The Balaban J connectivity index is 2.01. The molecule has 128 valence electrons. The predicted octanol–water partition coefficient (Wildman–Crippen LogP) is 3.45. The van der Waals surface area contributed by atoms with E-state index in [1.807, 2.05) is 0 Å². The van der Waals surface area contributed by atoms with E-state index in [0.717, 1.165) is 18.2 Å². The summed E-state index contributed by atoms with van der Waals surface area (Å²) in [6.45, 7) is 3.44. The highest BCUT2D eigenvalue weighted by atomic mass is 19.4. The van der Waals surface area contributed by atoms with Crippen LogP contribution in [-0.2, 0) is 17.5 Å². The van der Waals surface area contributed by atoms with E-state index in [-0.39, 0.29) is 12.5 Å². The van der Waals surface area contributed by atoms with Crippen molar-refractivity contribution in [2.75, 3.05) is 0 Å². The van der Waals surface area contributed by atoms with Crippen molar-refractivity contribution in [3.8, 4) is 11.3 Å². The molecule has 2 aromatic heterocycles. The van der Waals surface area contributed by atoms with E-state index < -0.39 is 11.7 Å². The highest BCUT2D eigenvalue weighted by molar-refractivity contribution is 5.89. The fourth-order valence-corrected chi connectivity index (χ4v) is 2.34. The number of rotatable bonds is 4. The molecular weight excluding hydrogens is 333 g/mol. The molecule has 0 spiro atoms. The van der Waals surface area contributed by atoms with Crippen LogP contribution in [0.5, 0.6) is 0 Å². The first kappa shape index (κ1) is 16.7. The first-order chi connectivity index (χ1) is 11.9. The van der Waals surface area contributed by atoms with Gasteiger partial charge >= 0.3 is 6.18 Å². The van der Waals surface area contributed by atoms with E-state index in [1.165, 1.54) is 12.1 Å². The zero-order chi connectivity index (χ0) is 18.0. The van der Waals surface area contributed by atoms with Crippen molar-refractivity contribution in [2.24, 2.45) is 0 Å². The number of carbonyl (C=O) groups is 1. The fourth-order valence-electron chi connectivity index (χ4n) is 2.34. The number of halogens is 3. The van der Waals surface area contributed by atoms with Crippen LogP contribution >= 0.6 is 0 Å². The fraction of sp³-hybridized carbons (Fsp3) is 0.118. The van der Waals surface area contributed by atoms with Crippen LogP contribution in [0.4, 0.5) is 13.2 Å². The molecule has 0 saturated carbocycles. The second-order valence-corrected chi connectivity index (χ2v) is 5.22. The molecule has 0 atom stereocenters. The van der Waals surface area contributed by atoms with Gasteiger partial charge in [0.25, 0.3) is 0 Å². The minimum Gasteiger partial charge on any atom is -0.358 e. The molecule has 8 heteroatoms. The highest BCUT2D eigenvalue weighted by Gasteiger charge is 2.30. The van der Waals surface area contributed by atoms with Gasteiger partial charge in [0.2, 0.25) is 5.91 Å². The average Bonchev–Trinajstić information content (AvgIpc) is 3.06. The van der Waals surface area contributed by atoms with Gasteiger partial charge in [0, 0.05) is 11.8 Å². The van der Waals surface area contributed by atoms with Crippen molar-refractivity contribution in [2.45, 2.75) is 12.7 Å². The SMILES string of the molecule is C=CC(=O)NCc1nc(-c2ccc(C(F)(F)F)cc2)c2[nH]ccc2n1. The number of carbonyl (C=O) groups excluding carboxylic acids is 1. The van der Waals surface area contributed by atoms with Gasteiger partial charge in [0.1, 0.15) is 5.82 Å². The zero-order valence-electron chi connectivity index (χ0n) is 12.9. The van der Waals surface area contributed by atoms with Crippen molar-refractivity contribution in [1.82, 2.24) is 20.3 Å². The Labute approximate surface area is 140 Å². The molecule has 0 aliphatic heterocycles. The first-order valence-electron chi connectivity index (χ1n) is 7.30. The van der Waals surface area contributed by atoms with Crippen LogP contribution in [0.3, 0.4) is 0 Å². The van der Waals surface area contributed by atoms with Gasteiger partial charge in [-0.15, -0.1) is 0 Å². The number of nitrogens with zero attached hydrogens (tertiary/aromatic N) is 2. The third kappa shape index (κ3) is 3.52. The largest absolute Gasteiger partial charge is 0.416 e. The van der Waals surface area contributed by atoms with Crippen LogP contribution in [0, 0.1) is 0 Å². The Morgan fingerprint density at radius 1 is 1.20 bits per heavy atom. The molecule has 0 aliphatic carbocycles. The Kier molecular flexibility index (Phi) is 4.26. The molecule has 1 aromatic carbocycles. The van der Waals surface area contributed by atoms with Gasteiger partial charge in [0.05, 0.1) is 28.8 Å². The third-order valence-electron chi connectivity index (χ3n) is 3.54. The van der Waals surface area contributed by atoms with Gasteiger partial charge in [-0.2, -0.15) is 13.2 Å². The van der Waals surface area contributed by atoms with E-state index in [1.54, 1.807) is 12.3 Å². The van der Waals surface area contributed by atoms with Crippen LogP contribution in [-0.4, -0.2) is 20.9 Å². The standard InChI is InChI=1S/C17H13F3N4O/c1-2-14(25)22-9-13-23-12-7-8-21-16(12)15(24-13)10-3-5-11(6-4-10)17(18,19)20/h2-8,21H,1,9H2,(H,22,25). The monoisotopic (exact) mass is 346 g/mol. The number of hydrogen-bond acceptors (Lipinski definition) is 3. The quantitative estimate of drug-likeness (QED) is 0.711. The summed E-state index contributed by atoms with van der Waals surface area (Å²) in [6.07, 6.45) is -1.60. The maximum atomic E-state index is 12.7. The topological polar surface area (TPSA) is 70.7 Å². The van der Waals surface area contributed by atoms with Crippen molar-refractivity contribution < 1.29 is 18.0 Å². The summed E-state index contributed by atoms with van der Waals surface area (Å²) in [5, 5.41) is 2.57. The van der Waals surface area contributed by atoms with Crippen LogP contribution < -0.4 is 5.32 Å². The van der Waals surface area contributed by atoms with Gasteiger partial charge in [-0.25, -0.2) is 9.97 Å². The van der Waals surface area contributed by atoms with E-state index in [0.29, 0.717) is 28.1 Å². The number of aromatic amines is 1. The Morgan fingerprint density at radius 2 is 1.92 bits per heavy atom. The lowest BCUT2D eigenvalue weighted by Gasteiger charge is -2.09. The molecule has 0 saturated heterocycles. The number of aromatic nitrogens is 3. The van der Waals surface area contributed by atoms with Crippen molar-refractivity contribution in [3.05, 3.63) is 60.6 Å². The van der Waals surface area contributed by atoms with Crippen LogP contribution in [0.25, 0.3) is 22.3 Å². The number of alkyl halides is 3. The minimum atomic E-state index is -4.40. The molecule has 2 N–H and O–H groups in total. The normalized spacial score (nSPS) is 11.5. The summed E-state index contributed by atoms with van der Waals surface area (Å²) in [5.41, 5.74) is 1.46. The molecule has 0 unspecified atom stereocenters. The maximum Gasteiger partial charge on any atom is 0.416 e. The predicted molar refractivity (Wildman–Crippen MR) is 86.4 cm³/mol. The lowest BCUT2D eigenvalue weighted by Crippen LogP contribution is -2.21. The number of H-pyrrole nitrogens is 1. The lowest BCUT2D eigenvalue weighted by atomic mass is 10.1. The van der Waals surface area contributed by atoms with Crippen molar-refractivity contribution >= 4 is 16.9 Å². The second kappa shape index (κ2) is 6.39. The molecule has 3 rings (SSSR count). The van der Waals surface area contributed by atoms with E-state index in [2.05, 4.69) is 26.8 Å². The summed E-state index contributed by atoms with van der Waals surface area (Å²) in [5.74, 6) is -0.0222. The summed E-state index contributed by atoms with van der Waals surface area (Å²) in [6, 6.07) is 6.45. The van der Waals surface area contributed by atoms with E-state index in [4.69, 9.17) is 0 Å². The number of benzene rings is 1. The minimum absolute atomic E-state index is 0.0829. The molecule has 3 aromatic rings. The molecule has 0 fully saturated rings. The molecule has 25 heavy (non-hydrogen) atoms. The zero-order valence-corrected chi connectivity index (χ0v) is 12.9. The van der Waals surface area contributed by atoms with Crippen molar-refractivity contribution in [1.29, 1.82) is 0 Å². The van der Waals surface area contributed by atoms with Gasteiger partial charge in [-0.05, 0) is 24.3 Å². The summed E-state index contributed by atoms with van der Waals surface area (Å²) < 4.78 is 38.2. The molecular formula is C17H13F3N4O. The van der Waals surface area contributed by atoms with Crippen molar-refractivity contribution in [3.63, 3.8) is 0 Å². The van der Waals surface area contributed by atoms with Crippen LogP contribution in [0.2, 0.25) is 0 Å². The van der Waals surface area contributed by atoms with Crippen LogP contribution in [0.1, 0.15) is 11.4 Å². The molecule has 2 heterocycles. The molecule has 5 nitrogen and oxygen atoms in total. The Bertz CT molecular complexity index is 929. The van der Waals surface area contributed by atoms with E-state index in [9.17, 15) is 18.0 Å². The molecule has 0 radical (unpaired) electrons. The highest BCUT2D eigenvalue weighted by Crippen LogP contribution is 2.32. The summed E-state index contributed by atoms with van der Waals surface area (Å²) in [4.78, 5) is 23.0. The third-order valence-corrected chi connectivity index (χ3v) is 3.54. The summed E-state index contributed by atoms with van der Waals surface area (Å²) in [7, 11) is 0. The molecule has 0 bridgehead atoms. The van der Waals surface area contributed by atoms with Gasteiger partial charge < -0.3 is 10.3 Å². The number of amides is 1. The maximum absolute atomic E-state index is 12.7. The van der Waals surface area contributed by atoms with Gasteiger partial charge in [-0.3, -0.25) is 4.79 Å². The smallest absolute Gasteiger partial charge is 0.358 e.